The number of halogens is 2. The van der Waals surface area contributed by atoms with Gasteiger partial charge in [0.25, 0.3) is 0 Å². The summed E-state index contributed by atoms with van der Waals surface area (Å²) in [7, 11) is 0. The van der Waals surface area contributed by atoms with Crippen LogP contribution in [0.3, 0.4) is 0 Å². The summed E-state index contributed by atoms with van der Waals surface area (Å²) in [6, 6.07) is 11.8. The van der Waals surface area contributed by atoms with Gasteiger partial charge in [0.15, 0.2) is 0 Å². The normalized spacial score (nSPS) is 19.9. The average Bonchev–Trinajstić information content (AvgIpc) is 2.84. The minimum atomic E-state index is -1.10. The number of carboxylic acid groups (broad SMARTS) is 1. The molecule has 0 spiro atoms. The smallest absolute Gasteiger partial charge is 0.548 e. The van der Waals surface area contributed by atoms with Gasteiger partial charge in [-0.25, -0.2) is 4.39 Å². The SMILES string of the molecule is Cc1cc(Cl)ccc1OC1CCN(CC2CCN([C@@](C)(Cc3ccc(F)cc3)C(=O)[O-])CC2)CC1.[Na+]. The molecule has 4 rings (SSSR count). The number of rotatable bonds is 8. The maximum atomic E-state index is 13.3. The average molecular weight is 525 g/mol. The van der Waals surface area contributed by atoms with E-state index in [2.05, 4.69) is 4.90 Å². The molecule has 0 aromatic heterocycles. The molecule has 0 aliphatic carbocycles. The van der Waals surface area contributed by atoms with Crippen LogP contribution in [0.25, 0.3) is 0 Å². The van der Waals surface area contributed by atoms with Gasteiger partial charge in [0, 0.05) is 24.7 Å². The van der Waals surface area contributed by atoms with Crippen LogP contribution in [0.4, 0.5) is 4.39 Å². The Morgan fingerprint density at radius 1 is 1.08 bits per heavy atom. The molecule has 0 radical (unpaired) electrons. The molecular formula is C28H35ClFN2NaO3. The van der Waals surface area contributed by atoms with Gasteiger partial charge >= 0.3 is 29.6 Å². The molecule has 0 N–H and O–H groups in total. The summed E-state index contributed by atoms with van der Waals surface area (Å²) in [6.07, 6.45) is 4.46. The molecule has 2 aromatic carbocycles. The Balaban J connectivity index is 0.00000361. The number of ether oxygens (including phenoxy) is 1. The number of hydrogen-bond acceptors (Lipinski definition) is 5. The van der Waals surface area contributed by atoms with Crippen LogP contribution in [0.5, 0.6) is 5.75 Å². The van der Waals surface area contributed by atoms with E-state index in [1.54, 1.807) is 19.1 Å². The molecule has 190 valence electrons. The van der Waals surface area contributed by atoms with Gasteiger partial charge in [0.05, 0.1) is 11.5 Å². The topological polar surface area (TPSA) is 55.8 Å². The molecule has 0 amide bonds. The van der Waals surface area contributed by atoms with Crippen LogP contribution in [0, 0.1) is 18.7 Å². The molecular weight excluding hydrogens is 490 g/mol. The number of aryl methyl sites for hydroxylation is 1. The number of likely N-dealkylation sites (tertiary alicyclic amines) is 2. The van der Waals surface area contributed by atoms with E-state index in [0.29, 0.717) is 12.3 Å². The first-order valence-electron chi connectivity index (χ1n) is 12.6. The van der Waals surface area contributed by atoms with E-state index >= 15 is 0 Å². The Hall–Kier alpha value is -1.15. The van der Waals surface area contributed by atoms with Gasteiger partial charge in [0.2, 0.25) is 0 Å². The van der Waals surface area contributed by atoms with Crippen molar-refractivity contribution in [3.8, 4) is 5.75 Å². The third kappa shape index (κ3) is 7.46. The van der Waals surface area contributed by atoms with Gasteiger partial charge in [-0.05, 0) is 106 Å². The van der Waals surface area contributed by atoms with Crippen LogP contribution in [-0.4, -0.2) is 60.1 Å². The Morgan fingerprint density at radius 3 is 2.31 bits per heavy atom. The van der Waals surface area contributed by atoms with Gasteiger partial charge in [0.1, 0.15) is 17.7 Å². The van der Waals surface area contributed by atoms with Gasteiger partial charge in [-0.2, -0.15) is 0 Å². The fourth-order valence-electron chi connectivity index (χ4n) is 5.42. The maximum Gasteiger partial charge on any atom is 1.00 e. The van der Waals surface area contributed by atoms with Crippen molar-refractivity contribution in [3.05, 3.63) is 64.4 Å². The Kier molecular flexibility index (Phi) is 10.7. The van der Waals surface area contributed by atoms with Crippen molar-refractivity contribution in [2.24, 2.45) is 5.92 Å². The number of benzene rings is 2. The number of carboxylic acids is 1. The van der Waals surface area contributed by atoms with Crippen molar-refractivity contribution in [2.45, 2.75) is 57.6 Å². The fraction of sp³-hybridized carbons (Fsp3) is 0.536. The van der Waals surface area contributed by atoms with Crippen molar-refractivity contribution >= 4 is 17.6 Å². The molecule has 2 aliphatic heterocycles. The Labute approximate surface area is 241 Å². The largest absolute Gasteiger partial charge is 1.00 e. The van der Waals surface area contributed by atoms with Gasteiger partial charge < -0.3 is 19.5 Å². The number of carbonyl (C=O) groups is 1. The standard InChI is InChI=1S/C28H36ClFN2O3.Na/c1-20-17-23(29)5-8-26(20)35-25-11-13-31(14-12-25)19-22-9-15-32(16-10-22)28(2,27(33)34)18-21-3-6-24(30)7-4-21;/h3-8,17,22,25H,9-16,18-19H2,1-2H3,(H,33,34);/q;+1/p-1/t28-;/m0./s1. The Morgan fingerprint density at radius 2 is 1.72 bits per heavy atom. The Bertz CT molecular complexity index is 1010. The molecule has 36 heavy (non-hydrogen) atoms. The maximum absolute atomic E-state index is 13.3. The molecule has 1 atom stereocenters. The number of hydrogen-bond donors (Lipinski definition) is 0. The van der Waals surface area contributed by atoms with Crippen LogP contribution >= 0.6 is 11.6 Å². The predicted octanol–water partition coefficient (Wildman–Crippen LogP) is 1.10. The zero-order valence-corrected chi connectivity index (χ0v) is 24.4. The first kappa shape index (κ1) is 29.4. The van der Waals surface area contributed by atoms with Crippen LogP contribution in [0.15, 0.2) is 42.5 Å². The van der Waals surface area contributed by atoms with Gasteiger partial charge in [-0.1, -0.05) is 23.7 Å². The molecule has 2 fully saturated rings. The van der Waals surface area contributed by atoms with Gasteiger partial charge in [-0.3, -0.25) is 4.90 Å². The van der Waals surface area contributed by atoms with Crippen molar-refractivity contribution in [3.63, 3.8) is 0 Å². The second-order valence-corrected chi connectivity index (χ2v) is 10.8. The molecule has 2 aromatic rings. The van der Waals surface area contributed by atoms with Crippen molar-refractivity contribution in [1.29, 1.82) is 0 Å². The summed E-state index contributed by atoms with van der Waals surface area (Å²) in [5.74, 6) is 0.0783. The minimum absolute atomic E-state index is 0. The minimum Gasteiger partial charge on any atom is -0.548 e. The first-order valence-corrected chi connectivity index (χ1v) is 13.0. The number of aliphatic carboxylic acids is 1. The van der Waals surface area contributed by atoms with E-state index in [9.17, 15) is 14.3 Å². The summed E-state index contributed by atoms with van der Waals surface area (Å²) in [5, 5.41) is 12.9. The summed E-state index contributed by atoms with van der Waals surface area (Å²) in [6.45, 7) is 8.28. The monoisotopic (exact) mass is 524 g/mol. The van der Waals surface area contributed by atoms with E-state index < -0.39 is 11.5 Å². The molecule has 2 aliphatic rings. The van der Waals surface area contributed by atoms with E-state index in [-0.39, 0.29) is 41.5 Å². The molecule has 2 saturated heterocycles. The summed E-state index contributed by atoms with van der Waals surface area (Å²) >= 11 is 6.05. The van der Waals surface area contributed by atoms with Crippen LogP contribution < -0.4 is 39.4 Å². The predicted molar refractivity (Wildman–Crippen MR) is 134 cm³/mol. The number of piperidine rings is 2. The molecule has 2 heterocycles. The van der Waals surface area contributed by atoms with Gasteiger partial charge in [-0.15, -0.1) is 0 Å². The summed E-state index contributed by atoms with van der Waals surface area (Å²) in [5.41, 5.74) is 0.770. The van der Waals surface area contributed by atoms with Crippen LogP contribution in [-0.2, 0) is 11.2 Å². The molecule has 8 heteroatoms. The zero-order chi connectivity index (χ0) is 25.0. The van der Waals surface area contributed by atoms with E-state index in [0.717, 1.165) is 80.3 Å². The zero-order valence-electron chi connectivity index (χ0n) is 21.6. The van der Waals surface area contributed by atoms with E-state index in [4.69, 9.17) is 16.3 Å². The summed E-state index contributed by atoms with van der Waals surface area (Å²) < 4.78 is 19.5. The third-order valence-corrected chi connectivity index (χ3v) is 7.93. The molecule has 5 nitrogen and oxygen atoms in total. The van der Waals surface area contributed by atoms with Crippen molar-refractivity contribution in [1.82, 2.24) is 9.80 Å². The molecule has 0 unspecified atom stereocenters. The quantitative estimate of drug-likeness (QED) is 0.484. The number of nitrogens with zero attached hydrogens (tertiary/aromatic N) is 2. The second kappa shape index (κ2) is 13.1. The first-order chi connectivity index (χ1) is 16.7. The fourth-order valence-corrected chi connectivity index (χ4v) is 5.65. The van der Waals surface area contributed by atoms with E-state index in [1.165, 1.54) is 12.1 Å². The van der Waals surface area contributed by atoms with E-state index in [1.807, 2.05) is 30.0 Å². The molecule has 0 bridgehead atoms. The number of carbonyl (C=O) groups excluding carboxylic acids is 1. The van der Waals surface area contributed by atoms with Crippen LogP contribution in [0.1, 0.15) is 43.7 Å². The van der Waals surface area contributed by atoms with Crippen LogP contribution in [0.2, 0.25) is 5.02 Å². The molecule has 0 saturated carbocycles. The third-order valence-electron chi connectivity index (χ3n) is 7.70. The summed E-state index contributed by atoms with van der Waals surface area (Å²) in [4.78, 5) is 16.7. The van der Waals surface area contributed by atoms with Crippen molar-refractivity contribution < 1.29 is 48.6 Å². The van der Waals surface area contributed by atoms with Crippen molar-refractivity contribution in [2.75, 3.05) is 32.7 Å². The second-order valence-electron chi connectivity index (χ2n) is 10.3.